The van der Waals surface area contributed by atoms with E-state index in [1.165, 1.54) is 25.7 Å². The fourth-order valence-electron chi connectivity index (χ4n) is 3.29. The lowest BCUT2D eigenvalue weighted by atomic mass is 9.82. The summed E-state index contributed by atoms with van der Waals surface area (Å²) in [6.45, 7) is 4.56. The van der Waals surface area contributed by atoms with E-state index in [9.17, 15) is 0 Å². The quantitative estimate of drug-likeness (QED) is 0.911. The third-order valence-electron chi connectivity index (χ3n) is 4.29. The molecular weight excluding hydrogens is 274 g/mol. The first kappa shape index (κ1) is 14.0. The molecule has 20 heavy (non-hydrogen) atoms. The highest BCUT2D eigenvalue weighted by molar-refractivity contribution is 6.32. The second-order valence-corrected chi connectivity index (χ2v) is 6.49. The zero-order valence-corrected chi connectivity index (χ0v) is 12.7. The van der Waals surface area contributed by atoms with E-state index in [0.717, 1.165) is 36.2 Å². The molecule has 1 aliphatic carbocycles. The minimum absolute atomic E-state index is 0.270. The van der Waals surface area contributed by atoms with Gasteiger partial charge in [-0.3, -0.25) is 0 Å². The van der Waals surface area contributed by atoms with Crippen molar-refractivity contribution in [3.63, 3.8) is 0 Å². The van der Waals surface area contributed by atoms with Gasteiger partial charge >= 0.3 is 0 Å². The van der Waals surface area contributed by atoms with Gasteiger partial charge in [0.15, 0.2) is 11.5 Å². The molecule has 1 aliphatic heterocycles. The van der Waals surface area contributed by atoms with Gasteiger partial charge in [0.05, 0.1) is 5.02 Å². The van der Waals surface area contributed by atoms with Gasteiger partial charge in [0.2, 0.25) is 6.79 Å². The summed E-state index contributed by atoms with van der Waals surface area (Å²) in [6.07, 6.45) is 5.49. The van der Waals surface area contributed by atoms with Crippen LogP contribution in [0.4, 0.5) is 0 Å². The molecule has 1 N–H and O–H groups in total. The molecule has 1 fully saturated rings. The fourth-order valence-corrected chi connectivity index (χ4v) is 3.58. The molecular formula is C16H22ClNO2. The standard InChI is InChI=1S/C16H22ClNO2/c1-11-3-2-4-12(5-11)8-18-9-13-6-14(17)16-15(7-13)19-10-20-16/h6-7,11-12,18H,2-5,8-10H2,1H3. The Bertz CT molecular complexity index is 478. The first-order valence-electron chi connectivity index (χ1n) is 7.51. The van der Waals surface area contributed by atoms with Gasteiger partial charge in [-0.05, 0) is 48.9 Å². The van der Waals surface area contributed by atoms with Gasteiger partial charge in [0.25, 0.3) is 0 Å². The van der Waals surface area contributed by atoms with Crippen LogP contribution in [0.25, 0.3) is 0 Å². The molecule has 2 aliphatic rings. The Kier molecular flexibility index (Phi) is 4.37. The summed E-state index contributed by atoms with van der Waals surface area (Å²) in [4.78, 5) is 0. The van der Waals surface area contributed by atoms with Crippen LogP contribution in [0.15, 0.2) is 12.1 Å². The van der Waals surface area contributed by atoms with Gasteiger partial charge < -0.3 is 14.8 Å². The molecule has 0 bridgehead atoms. The number of hydrogen-bond acceptors (Lipinski definition) is 3. The Hall–Kier alpha value is -0.930. The van der Waals surface area contributed by atoms with Crippen molar-refractivity contribution in [1.82, 2.24) is 5.32 Å². The summed E-state index contributed by atoms with van der Waals surface area (Å²) in [5, 5.41) is 4.20. The van der Waals surface area contributed by atoms with E-state index in [1.807, 2.05) is 12.1 Å². The number of rotatable bonds is 4. The van der Waals surface area contributed by atoms with Crippen LogP contribution in [0, 0.1) is 11.8 Å². The first-order chi connectivity index (χ1) is 9.72. The maximum absolute atomic E-state index is 6.19. The molecule has 3 rings (SSSR count). The lowest BCUT2D eigenvalue weighted by Crippen LogP contribution is -2.26. The van der Waals surface area contributed by atoms with E-state index in [0.29, 0.717) is 10.8 Å². The van der Waals surface area contributed by atoms with Gasteiger partial charge in [-0.2, -0.15) is 0 Å². The van der Waals surface area contributed by atoms with Crippen LogP contribution in [0.5, 0.6) is 11.5 Å². The maximum Gasteiger partial charge on any atom is 0.231 e. The van der Waals surface area contributed by atoms with E-state index in [-0.39, 0.29) is 6.79 Å². The lowest BCUT2D eigenvalue weighted by molar-refractivity contribution is 0.174. The minimum Gasteiger partial charge on any atom is -0.454 e. The summed E-state index contributed by atoms with van der Waals surface area (Å²) in [7, 11) is 0. The predicted molar refractivity (Wildman–Crippen MR) is 80.4 cm³/mol. The molecule has 110 valence electrons. The average molecular weight is 296 g/mol. The Morgan fingerprint density at radius 1 is 1.30 bits per heavy atom. The summed E-state index contributed by atoms with van der Waals surface area (Å²) >= 11 is 6.19. The van der Waals surface area contributed by atoms with Gasteiger partial charge in [-0.25, -0.2) is 0 Å². The third-order valence-corrected chi connectivity index (χ3v) is 4.57. The van der Waals surface area contributed by atoms with Crippen molar-refractivity contribution >= 4 is 11.6 Å². The van der Waals surface area contributed by atoms with E-state index < -0.39 is 0 Å². The largest absolute Gasteiger partial charge is 0.454 e. The maximum atomic E-state index is 6.19. The smallest absolute Gasteiger partial charge is 0.231 e. The minimum atomic E-state index is 0.270. The Morgan fingerprint density at radius 3 is 3.05 bits per heavy atom. The Balaban J connectivity index is 1.52. The molecule has 4 heteroatoms. The fraction of sp³-hybridized carbons (Fsp3) is 0.625. The summed E-state index contributed by atoms with van der Waals surface area (Å²) < 4.78 is 10.7. The van der Waals surface area contributed by atoms with E-state index in [4.69, 9.17) is 21.1 Å². The SMILES string of the molecule is CC1CCCC(CNCc2cc(Cl)c3c(c2)OCO3)C1. The molecule has 0 amide bonds. The van der Waals surface area contributed by atoms with Crippen LogP contribution in [0.3, 0.4) is 0 Å². The molecule has 2 unspecified atom stereocenters. The highest BCUT2D eigenvalue weighted by Crippen LogP contribution is 2.39. The Morgan fingerprint density at radius 2 is 2.20 bits per heavy atom. The van der Waals surface area contributed by atoms with Crippen molar-refractivity contribution in [2.24, 2.45) is 11.8 Å². The normalized spacial score (nSPS) is 24.9. The van der Waals surface area contributed by atoms with Crippen LogP contribution < -0.4 is 14.8 Å². The second-order valence-electron chi connectivity index (χ2n) is 6.08. The van der Waals surface area contributed by atoms with Crippen molar-refractivity contribution in [3.8, 4) is 11.5 Å². The van der Waals surface area contributed by atoms with Crippen molar-refractivity contribution in [3.05, 3.63) is 22.7 Å². The number of halogens is 1. The molecule has 1 aromatic rings. The number of hydrogen-bond donors (Lipinski definition) is 1. The van der Waals surface area contributed by atoms with Crippen LogP contribution >= 0.6 is 11.6 Å². The number of benzene rings is 1. The van der Waals surface area contributed by atoms with Crippen molar-refractivity contribution in [2.75, 3.05) is 13.3 Å². The Labute approximate surface area is 125 Å². The van der Waals surface area contributed by atoms with Crippen LogP contribution in [-0.2, 0) is 6.54 Å². The molecule has 1 heterocycles. The number of nitrogens with one attached hydrogen (secondary N) is 1. The van der Waals surface area contributed by atoms with Crippen molar-refractivity contribution < 1.29 is 9.47 Å². The van der Waals surface area contributed by atoms with Crippen LogP contribution in [0.1, 0.15) is 38.2 Å². The summed E-state index contributed by atoms with van der Waals surface area (Å²) in [6, 6.07) is 3.98. The zero-order chi connectivity index (χ0) is 13.9. The number of ether oxygens (including phenoxy) is 2. The molecule has 2 atom stereocenters. The number of fused-ring (bicyclic) bond motifs is 1. The predicted octanol–water partition coefficient (Wildman–Crippen LogP) is 3.98. The van der Waals surface area contributed by atoms with Gasteiger partial charge in [-0.15, -0.1) is 0 Å². The van der Waals surface area contributed by atoms with E-state index in [1.54, 1.807) is 0 Å². The molecule has 0 radical (unpaired) electrons. The molecule has 1 saturated carbocycles. The van der Waals surface area contributed by atoms with Crippen molar-refractivity contribution in [2.45, 2.75) is 39.2 Å². The van der Waals surface area contributed by atoms with Crippen molar-refractivity contribution in [1.29, 1.82) is 0 Å². The molecule has 0 saturated heterocycles. The summed E-state index contributed by atoms with van der Waals surface area (Å²) in [5.74, 6) is 3.15. The lowest BCUT2D eigenvalue weighted by Gasteiger charge is -2.26. The second kappa shape index (κ2) is 6.23. The molecule has 1 aromatic carbocycles. The monoisotopic (exact) mass is 295 g/mol. The molecule has 0 spiro atoms. The van der Waals surface area contributed by atoms with E-state index in [2.05, 4.69) is 12.2 Å². The zero-order valence-electron chi connectivity index (χ0n) is 12.0. The summed E-state index contributed by atoms with van der Waals surface area (Å²) in [5.41, 5.74) is 1.16. The highest BCUT2D eigenvalue weighted by atomic mass is 35.5. The van der Waals surface area contributed by atoms with E-state index >= 15 is 0 Å². The first-order valence-corrected chi connectivity index (χ1v) is 7.89. The van der Waals surface area contributed by atoms with Gasteiger partial charge in [0, 0.05) is 6.54 Å². The molecule has 3 nitrogen and oxygen atoms in total. The topological polar surface area (TPSA) is 30.5 Å². The third kappa shape index (κ3) is 3.21. The van der Waals surface area contributed by atoms with Crippen LogP contribution in [0.2, 0.25) is 5.02 Å². The average Bonchev–Trinajstić information content (AvgIpc) is 2.88. The van der Waals surface area contributed by atoms with Gasteiger partial charge in [0.1, 0.15) is 0 Å². The molecule has 0 aromatic heterocycles. The highest BCUT2D eigenvalue weighted by Gasteiger charge is 2.20. The van der Waals surface area contributed by atoms with Gasteiger partial charge in [-0.1, -0.05) is 31.4 Å². The van der Waals surface area contributed by atoms with Crippen LogP contribution in [-0.4, -0.2) is 13.3 Å².